The van der Waals surface area contributed by atoms with Crippen molar-refractivity contribution in [3.05, 3.63) is 54.1 Å². The van der Waals surface area contributed by atoms with Crippen LogP contribution >= 0.6 is 0 Å². The zero-order chi connectivity index (χ0) is 25.5. The van der Waals surface area contributed by atoms with Gasteiger partial charge in [-0.15, -0.1) is 0 Å². The summed E-state index contributed by atoms with van der Waals surface area (Å²) in [4.78, 5) is 12.6. The second-order valence-corrected chi connectivity index (χ2v) is 12.1. The van der Waals surface area contributed by atoms with Crippen molar-refractivity contribution in [3.8, 4) is 5.75 Å². The topological polar surface area (TPSA) is 113 Å². The second-order valence-electron chi connectivity index (χ2n) is 8.20. The summed E-state index contributed by atoms with van der Waals surface area (Å²) in [5.74, 6) is 0.0894. The molecule has 1 fully saturated rings. The van der Waals surface area contributed by atoms with Crippen molar-refractivity contribution < 1.29 is 26.4 Å². The van der Waals surface area contributed by atoms with Crippen molar-refractivity contribution in [2.45, 2.75) is 42.9 Å². The minimum Gasteiger partial charge on any atom is -0.484 e. The van der Waals surface area contributed by atoms with Crippen LogP contribution < -0.4 is 10.1 Å². The molecule has 2 aromatic rings. The minimum atomic E-state index is -3.54. The molecule has 0 radical (unpaired) electrons. The third kappa shape index (κ3) is 6.81. The maximum atomic E-state index is 12.6. The zero-order valence-corrected chi connectivity index (χ0v) is 21.8. The SMILES string of the molecule is CCN(CC)S(=O)(=O)c1ccc(OCC(=O)NCCc2ccc(S(=O)(=O)N3CCCC3)cc2)cc1. The molecule has 0 bridgehead atoms. The summed E-state index contributed by atoms with van der Waals surface area (Å²) in [6.45, 7) is 5.66. The Morgan fingerprint density at radius 2 is 1.49 bits per heavy atom. The number of nitrogens with one attached hydrogen (secondary N) is 1. The fourth-order valence-corrected chi connectivity index (χ4v) is 6.85. The van der Waals surface area contributed by atoms with Gasteiger partial charge in [-0.1, -0.05) is 26.0 Å². The van der Waals surface area contributed by atoms with Crippen LogP contribution in [0.4, 0.5) is 0 Å². The predicted octanol–water partition coefficient (Wildman–Crippen LogP) is 2.24. The lowest BCUT2D eigenvalue weighted by Gasteiger charge is -2.18. The first-order chi connectivity index (χ1) is 16.7. The van der Waals surface area contributed by atoms with Gasteiger partial charge in [0.15, 0.2) is 6.61 Å². The van der Waals surface area contributed by atoms with Crippen molar-refractivity contribution in [3.63, 3.8) is 0 Å². The van der Waals surface area contributed by atoms with E-state index in [0.29, 0.717) is 44.9 Å². The molecule has 1 aliphatic heterocycles. The average Bonchev–Trinajstić information content (AvgIpc) is 3.40. The first-order valence-electron chi connectivity index (χ1n) is 11.8. The number of amides is 1. The fourth-order valence-electron chi connectivity index (χ4n) is 3.87. The lowest BCUT2D eigenvalue weighted by molar-refractivity contribution is -0.123. The number of hydrogen-bond donors (Lipinski definition) is 1. The molecule has 1 heterocycles. The van der Waals surface area contributed by atoms with Gasteiger partial charge in [0.25, 0.3) is 5.91 Å². The molecule has 11 heteroatoms. The quantitative estimate of drug-likeness (QED) is 0.457. The maximum Gasteiger partial charge on any atom is 0.257 e. The standard InChI is InChI=1S/C24H33N3O6S2/c1-3-26(4-2)34(29,30)23-13-9-21(10-14-23)33-19-24(28)25-16-15-20-7-11-22(12-8-20)35(31,32)27-17-5-6-18-27/h7-14H,3-6,15-19H2,1-2H3,(H,25,28). The highest BCUT2D eigenvalue weighted by Gasteiger charge is 2.27. The van der Waals surface area contributed by atoms with Crippen molar-refractivity contribution in [2.24, 2.45) is 0 Å². The van der Waals surface area contributed by atoms with Crippen LogP contribution in [0.3, 0.4) is 0 Å². The van der Waals surface area contributed by atoms with Gasteiger partial charge < -0.3 is 10.1 Å². The number of carbonyl (C=O) groups excluding carboxylic acids is 1. The predicted molar refractivity (Wildman–Crippen MR) is 133 cm³/mol. The van der Waals surface area contributed by atoms with E-state index >= 15 is 0 Å². The molecule has 0 atom stereocenters. The molecule has 0 aliphatic carbocycles. The van der Waals surface area contributed by atoms with Gasteiger partial charge in [-0.25, -0.2) is 16.8 Å². The Balaban J connectivity index is 1.44. The van der Waals surface area contributed by atoms with Gasteiger partial charge in [0.1, 0.15) is 5.75 Å². The molecule has 1 N–H and O–H groups in total. The molecular weight excluding hydrogens is 490 g/mol. The molecule has 0 saturated carbocycles. The highest BCUT2D eigenvalue weighted by Crippen LogP contribution is 2.21. The van der Waals surface area contributed by atoms with E-state index < -0.39 is 20.0 Å². The Morgan fingerprint density at radius 1 is 0.914 bits per heavy atom. The van der Waals surface area contributed by atoms with Gasteiger partial charge in [0.2, 0.25) is 20.0 Å². The van der Waals surface area contributed by atoms with E-state index in [9.17, 15) is 21.6 Å². The summed E-state index contributed by atoms with van der Waals surface area (Å²) < 4.78 is 58.6. The third-order valence-corrected chi connectivity index (χ3v) is 9.88. The van der Waals surface area contributed by atoms with E-state index in [1.165, 1.54) is 32.9 Å². The van der Waals surface area contributed by atoms with E-state index in [2.05, 4.69) is 5.32 Å². The van der Waals surface area contributed by atoms with E-state index in [1.54, 1.807) is 38.1 Å². The molecule has 0 spiro atoms. The number of sulfonamides is 2. The molecule has 0 aromatic heterocycles. The van der Waals surface area contributed by atoms with Gasteiger partial charge in [0.05, 0.1) is 9.79 Å². The van der Waals surface area contributed by atoms with Crippen LogP contribution in [0.1, 0.15) is 32.3 Å². The average molecular weight is 524 g/mol. The molecule has 1 aliphatic rings. The molecule has 192 valence electrons. The maximum absolute atomic E-state index is 12.6. The fraction of sp³-hybridized carbons (Fsp3) is 0.458. The number of rotatable bonds is 12. The molecule has 35 heavy (non-hydrogen) atoms. The third-order valence-electron chi connectivity index (χ3n) is 5.90. The van der Waals surface area contributed by atoms with Gasteiger partial charge in [0, 0.05) is 32.7 Å². The van der Waals surface area contributed by atoms with Crippen molar-refractivity contribution in [1.82, 2.24) is 13.9 Å². The summed E-state index contributed by atoms with van der Waals surface area (Å²) in [5.41, 5.74) is 0.914. The van der Waals surface area contributed by atoms with Gasteiger partial charge in [-0.05, 0) is 61.2 Å². The Kier molecular flexibility index (Phi) is 9.28. The second kappa shape index (κ2) is 12.0. The monoisotopic (exact) mass is 523 g/mol. The van der Waals surface area contributed by atoms with Crippen LogP contribution in [-0.4, -0.2) is 70.7 Å². The van der Waals surface area contributed by atoms with Crippen molar-refractivity contribution in [1.29, 1.82) is 0 Å². The first kappa shape index (κ1) is 27.1. The van der Waals surface area contributed by atoms with Crippen molar-refractivity contribution >= 4 is 26.0 Å². The lowest BCUT2D eigenvalue weighted by Crippen LogP contribution is -2.31. The van der Waals surface area contributed by atoms with Gasteiger partial charge >= 0.3 is 0 Å². The zero-order valence-electron chi connectivity index (χ0n) is 20.1. The number of nitrogens with zero attached hydrogens (tertiary/aromatic N) is 2. The Bertz CT molecular complexity index is 1190. The summed E-state index contributed by atoms with van der Waals surface area (Å²) >= 11 is 0. The molecule has 3 rings (SSSR count). The highest BCUT2D eigenvalue weighted by molar-refractivity contribution is 7.89. The summed E-state index contributed by atoms with van der Waals surface area (Å²) in [6, 6.07) is 12.7. The van der Waals surface area contributed by atoms with Crippen LogP contribution in [0.15, 0.2) is 58.3 Å². The smallest absolute Gasteiger partial charge is 0.257 e. The number of hydrogen-bond acceptors (Lipinski definition) is 6. The molecule has 0 unspecified atom stereocenters. The number of carbonyl (C=O) groups is 1. The Hall–Kier alpha value is -2.47. The van der Waals surface area contributed by atoms with Gasteiger partial charge in [-0.3, -0.25) is 4.79 Å². The van der Waals surface area contributed by atoms with E-state index in [-0.39, 0.29) is 22.3 Å². The van der Waals surface area contributed by atoms with Crippen LogP contribution in [0, 0.1) is 0 Å². The normalized spacial score (nSPS) is 14.8. The molecular formula is C24H33N3O6S2. The van der Waals surface area contributed by atoms with E-state index in [0.717, 1.165) is 18.4 Å². The Labute approximate surface area is 208 Å². The van der Waals surface area contributed by atoms with Crippen LogP contribution in [-0.2, 0) is 31.3 Å². The largest absolute Gasteiger partial charge is 0.484 e. The van der Waals surface area contributed by atoms with Crippen LogP contribution in [0.5, 0.6) is 5.75 Å². The summed E-state index contributed by atoms with van der Waals surface area (Å²) in [7, 11) is -6.97. The summed E-state index contributed by atoms with van der Waals surface area (Å²) in [6.07, 6.45) is 2.34. The molecule has 9 nitrogen and oxygen atoms in total. The first-order valence-corrected chi connectivity index (χ1v) is 14.6. The van der Waals surface area contributed by atoms with E-state index in [1.807, 2.05) is 0 Å². The Morgan fingerprint density at radius 3 is 2.06 bits per heavy atom. The summed E-state index contributed by atoms with van der Waals surface area (Å²) in [5, 5.41) is 2.76. The number of benzene rings is 2. The van der Waals surface area contributed by atoms with E-state index in [4.69, 9.17) is 4.74 Å². The molecule has 1 saturated heterocycles. The highest BCUT2D eigenvalue weighted by atomic mass is 32.2. The molecule has 2 aromatic carbocycles. The number of ether oxygens (including phenoxy) is 1. The van der Waals surface area contributed by atoms with Gasteiger partial charge in [-0.2, -0.15) is 8.61 Å². The van der Waals surface area contributed by atoms with Crippen LogP contribution in [0.2, 0.25) is 0 Å². The minimum absolute atomic E-state index is 0.178. The van der Waals surface area contributed by atoms with Crippen LogP contribution in [0.25, 0.3) is 0 Å². The lowest BCUT2D eigenvalue weighted by atomic mass is 10.1. The molecule has 1 amide bonds. The van der Waals surface area contributed by atoms with Crippen molar-refractivity contribution in [2.75, 3.05) is 39.3 Å².